The van der Waals surface area contributed by atoms with Crippen molar-refractivity contribution >= 4 is 5.69 Å². The van der Waals surface area contributed by atoms with E-state index in [1.807, 2.05) is 30.3 Å². The predicted octanol–water partition coefficient (Wildman–Crippen LogP) is 4.66. The highest BCUT2D eigenvalue weighted by molar-refractivity contribution is 5.59. The van der Waals surface area contributed by atoms with Gasteiger partial charge in [-0.1, -0.05) is 24.3 Å². The van der Waals surface area contributed by atoms with Crippen molar-refractivity contribution in [1.82, 2.24) is 0 Å². The number of hydrogen-bond acceptors (Lipinski definition) is 4. The van der Waals surface area contributed by atoms with Crippen LogP contribution in [0.2, 0.25) is 0 Å². The number of rotatable bonds is 5. The number of nitrogens with zero attached hydrogens (tertiary/aromatic N) is 1. The van der Waals surface area contributed by atoms with E-state index in [-0.39, 0.29) is 6.04 Å². The number of hydrogen-bond donors (Lipinski definition) is 0. The third kappa shape index (κ3) is 3.26. The summed E-state index contributed by atoms with van der Waals surface area (Å²) in [7, 11) is 5.05. The topological polar surface area (TPSA) is 30.9 Å². The Bertz CT molecular complexity index is 938. The Morgan fingerprint density at radius 1 is 0.929 bits per heavy atom. The lowest BCUT2D eigenvalue weighted by Crippen LogP contribution is -2.36. The van der Waals surface area contributed by atoms with E-state index in [1.165, 1.54) is 16.7 Å². The minimum absolute atomic E-state index is 0.0743. The third-order valence-corrected chi connectivity index (χ3v) is 5.33. The van der Waals surface area contributed by atoms with Crippen LogP contribution in [0, 0.1) is 6.07 Å². The number of anilines is 1. The molecule has 0 spiro atoms. The van der Waals surface area contributed by atoms with Gasteiger partial charge in [0.15, 0.2) is 11.5 Å². The number of ether oxygens (including phenoxy) is 3. The van der Waals surface area contributed by atoms with Gasteiger partial charge in [-0.15, -0.1) is 0 Å². The zero-order valence-corrected chi connectivity index (χ0v) is 16.4. The van der Waals surface area contributed by atoms with Crippen LogP contribution in [0.25, 0.3) is 0 Å². The monoisotopic (exact) mass is 374 g/mol. The zero-order chi connectivity index (χ0) is 19.5. The Hall–Kier alpha value is -3.14. The highest BCUT2D eigenvalue weighted by atomic mass is 16.5. The first-order chi connectivity index (χ1) is 13.7. The third-order valence-electron chi connectivity index (χ3n) is 5.33. The van der Waals surface area contributed by atoms with Gasteiger partial charge in [-0.3, -0.25) is 0 Å². The van der Waals surface area contributed by atoms with Crippen molar-refractivity contribution in [3.8, 4) is 17.2 Å². The van der Waals surface area contributed by atoms with Crippen molar-refractivity contribution in [2.75, 3.05) is 32.8 Å². The summed E-state index contributed by atoms with van der Waals surface area (Å²) in [6.45, 7) is 0.914. The first-order valence-electron chi connectivity index (χ1n) is 9.36. The number of methoxy groups -OCH3 is 3. The first-order valence-corrected chi connectivity index (χ1v) is 9.36. The summed E-state index contributed by atoms with van der Waals surface area (Å²) < 4.78 is 16.5. The maximum atomic E-state index is 5.59. The average molecular weight is 374 g/mol. The molecular weight excluding hydrogens is 350 g/mol. The van der Waals surface area contributed by atoms with Crippen LogP contribution in [0.15, 0.2) is 60.7 Å². The van der Waals surface area contributed by atoms with Gasteiger partial charge in [0.2, 0.25) is 0 Å². The number of fused-ring (bicyclic) bond motifs is 1. The molecule has 1 radical (unpaired) electrons. The quantitative estimate of drug-likeness (QED) is 0.650. The van der Waals surface area contributed by atoms with Crippen molar-refractivity contribution in [3.05, 3.63) is 83.4 Å². The van der Waals surface area contributed by atoms with E-state index in [4.69, 9.17) is 14.2 Å². The second-order valence-corrected chi connectivity index (χ2v) is 6.79. The molecule has 1 unspecified atom stereocenters. The van der Waals surface area contributed by atoms with E-state index in [9.17, 15) is 0 Å². The van der Waals surface area contributed by atoms with Crippen LogP contribution in [-0.4, -0.2) is 27.9 Å². The molecule has 1 heterocycles. The lowest BCUT2D eigenvalue weighted by molar-refractivity contribution is 0.353. The molecule has 4 heteroatoms. The van der Waals surface area contributed by atoms with E-state index in [0.29, 0.717) is 0 Å². The van der Waals surface area contributed by atoms with Crippen LogP contribution in [0.1, 0.15) is 22.7 Å². The van der Waals surface area contributed by atoms with Crippen LogP contribution < -0.4 is 19.1 Å². The molecule has 4 nitrogen and oxygen atoms in total. The zero-order valence-electron chi connectivity index (χ0n) is 16.4. The van der Waals surface area contributed by atoms with Gasteiger partial charge in [0.1, 0.15) is 5.75 Å². The molecule has 0 aromatic heterocycles. The first kappa shape index (κ1) is 18.2. The lowest BCUT2D eigenvalue weighted by atomic mass is 9.87. The summed E-state index contributed by atoms with van der Waals surface area (Å²) in [6.07, 6.45) is 0.942. The molecule has 0 fully saturated rings. The van der Waals surface area contributed by atoms with Crippen LogP contribution in [0.4, 0.5) is 5.69 Å². The summed E-state index contributed by atoms with van der Waals surface area (Å²) >= 11 is 0. The second-order valence-electron chi connectivity index (χ2n) is 6.79. The fraction of sp³-hybridized carbons (Fsp3) is 0.250. The summed E-state index contributed by atoms with van der Waals surface area (Å²) in [5.74, 6) is 2.38. The van der Waals surface area contributed by atoms with Crippen LogP contribution >= 0.6 is 0 Å². The summed E-state index contributed by atoms with van der Waals surface area (Å²) in [6, 6.07) is 23.9. The van der Waals surface area contributed by atoms with Gasteiger partial charge >= 0.3 is 0 Å². The second kappa shape index (κ2) is 7.85. The molecule has 3 aromatic carbocycles. The van der Waals surface area contributed by atoms with Crippen molar-refractivity contribution < 1.29 is 14.2 Å². The lowest BCUT2D eigenvalue weighted by Gasteiger charge is -2.39. The van der Waals surface area contributed by atoms with E-state index in [1.54, 1.807) is 21.3 Å². The van der Waals surface area contributed by atoms with Gasteiger partial charge in [-0.25, -0.2) is 0 Å². The number of benzene rings is 3. The molecule has 0 saturated heterocycles. The van der Waals surface area contributed by atoms with E-state index in [2.05, 4.69) is 41.3 Å². The van der Waals surface area contributed by atoms with Gasteiger partial charge in [-0.2, -0.15) is 0 Å². The Kier molecular flexibility index (Phi) is 5.11. The predicted molar refractivity (Wildman–Crippen MR) is 111 cm³/mol. The molecular formula is C24H24NO3. The van der Waals surface area contributed by atoms with E-state index in [0.717, 1.165) is 35.9 Å². The molecule has 0 bridgehead atoms. The smallest absolute Gasteiger partial charge is 0.161 e. The molecule has 0 aliphatic carbocycles. The molecule has 1 aliphatic rings. The Morgan fingerprint density at radius 2 is 1.68 bits per heavy atom. The Morgan fingerprint density at radius 3 is 2.32 bits per heavy atom. The fourth-order valence-electron chi connectivity index (χ4n) is 3.93. The van der Waals surface area contributed by atoms with Crippen molar-refractivity contribution in [2.24, 2.45) is 0 Å². The van der Waals surface area contributed by atoms with Crippen LogP contribution in [0.5, 0.6) is 17.2 Å². The Balaban J connectivity index is 1.86. The summed E-state index contributed by atoms with van der Waals surface area (Å²) in [5, 5.41) is 0. The molecule has 1 aliphatic heterocycles. The fourth-order valence-corrected chi connectivity index (χ4v) is 3.93. The van der Waals surface area contributed by atoms with Gasteiger partial charge in [0.05, 0.1) is 27.4 Å². The molecule has 143 valence electrons. The normalized spacial score (nSPS) is 15.7. The van der Waals surface area contributed by atoms with Gasteiger partial charge < -0.3 is 19.1 Å². The Labute approximate surface area is 166 Å². The molecule has 28 heavy (non-hydrogen) atoms. The van der Waals surface area contributed by atoms with Crippen molar-refractivity contribution in [3.63, 3.8) is 0 Å². The molecule has 0 amide bonds. The molecule has 1 atom stereocenters. The molecule has 0 N–H and O–H groups in total. The standard InChI is InChI=1S/C24H24NO3/c1-26-20-11-9-17(10-12-20)24-21-16-23(28-3)22(27-2)15-18(21)13-14-25(24)19-7-5-4-6-8-19/h4-5,7-12,15-16,24H,13-14H2,1-3H3. The minimum Gasteiger partial charge on any atom is -0.497 e. The highest BCUT2D eigenvalue weighted by Gasteiger charge is 2.30. The maximum absolute atomic E-state index is 5.59. The van der Waals surface area contributed by atoms with Gasteiger partial charge in [0, 0.05) is 12.2 Å². The summed E-state index contributed by atoms with van der Waals surface area (Å²) in [5.41, 5.74) is 4.88. The van der Waals surface area contributed by atoms with Crippen molar-refractivity contribution in [2.45, 2.75) is 12.5 Å². The van der Waals surface area contributed by atoms with Crippen LogP contribution in [-0.2, 0) is 6.42 Å². The van der Waals surface area contributed by atoms with Gasteiger partial charge in [-0.05, 0) is 65.6 Å². The molecule has 3 aromatic rings. The molecule has 4 rings (SSSR count). The van der Waals surface area contributed by atoms with E-state index >= 15 is 0 Å². The average Bonchev–Trinajstić information content (AvgIpc) is 2.78. The molecule has 0 saturated carbocycles. The maximum Gasteiger partial charge on any atom is 0.161 e. The van der Waals surface area contributed by atoms with Crippen LogP contribution in [0.3, 0.4) is 0 Å². The van der Waals surface area contributed by atoms with Gasteiger partial charge in [0.25, 0.3) is 0 Å². The van der Waals surface area contributed by atoms with Crippen molar-refractivity contribution in [1.29, 1.82) is 0 Å². The SMILES string of the molecule is COc1ccc(C2c3cc(OC)c(OC)cc3CCN2c2c[c]ccc2)cc1. The minimum atomic E-state index is 0.0743. The largest absolute Gasteiger partial charge is 0.497 e. The highest BCUT2D eigenvalue weighted by Crippen LogP contribution is 2.42. The van der Waals surface area contributed by atoms with E-state index < -0.39 is 0 Å². The summed E-state index contributed by atoms with van der Waals surface area (Å²) in [4.78, 5) is 2.42.